The van der Waals surface area contributed by atoms with Crippen LogP contribution < -0.4 is 0 Å². The highest BCUT2D eigenvalue weighted by atomic mass is 28.4. The summed E-state index contributed by atoms with van der Waals surface area (Å²) >= 11 is 0. The molecule has 0 bridgehead atoms. The van der Waals surface area contributed by atoms with E-state index in [-0.39, 0.29) is 49.7 Å². The van der Waals surface area contributed by atoms with Gasteiger partial charge in [-0.2, -0.15) is 0 Å². The fraction of sp³-hybridized carbons (Fsp3) is 0.492. The molecule has 10 atom stereocenters. The van der Waals surface area contributed by atoms with E-state index in [0.717, 1.165) is 27.8 Å². The number of aliphatic hydroxyl groups excluding tert-OH is 1. The Bertz CT molecular complexity index is 2310. The van der Waals surface area contributed by atoms with Crippen LogP contribution in [0.3, 0.4) is 0 Å². The summed E-state index contributed by atoms with van der Waals surface area (Å²) in [7, 11) is -4.72. The van der Waals surface area contributed by atoms with Crippen molar-refractivity contribution in [2.45, 2.75) is 172 Å². The Balaban J connectivity index is 1.34. The Labute approximate surface area is 431 Å². The summed E-state index contributed by atoms with van der Waals surface area (Å²) in [6.45, 7) is 23.7. The zero-order chi connectivity index (χ0) is 51.4. The van der Waals surface area contributed by atoms with Crippen LogP contribution in [0.4, 0.5) is 0 Å². The topological polar surface area (TPSA) is 113 Å². The first-order valence-corrected chi connectivity index (χ1v) is 31.4. The van der Waals surface area contributed by atoms with E-state index < -0.39 is 78.0 Å². The van der Waals surface area contributed by atoms with Gasteiger partial charge in [-0.25, -0.2) is 0 Å². The van der Waals surface area contributed by atoms with Crippen LogP contribution in [-0.2, 0) is 79.8 Å². The van der Waals surface area contributed by atoms with Gasteiger partial charge in [-0.1, -0.05) is 193 Å². The summed E-state index contributed by atoms with van der Waals surface area (Å²) in [4.78, 5) is 0. The molecule has 1 N–H and O–H groups in total. The van der Waals surface area contributed by atoms with E-state index in [1.807, 2.05) is 140 Å². The van der Waals surface area contributed by atoms with Gasteiger partial charge in [0.05, 0.1) is 46.2 Å². The van der Waals surface area contributed by atoms with Crippen molar-refractivity contribution in [1.82, 2.24) is 0 Å². The molecule has 2 heterocycles. The lowest BCUT2D eigenvalue weighted by atomic mass is 9.96. The highest BCUT2D eigenvalue weighted by Gasteiger charge is 2.55. The molecule has 72 heavy (non-hydrogen) atoms. The molecular weight excluding hydrogens is 941 g/mol. The smallest absolute Gasteiger partial charge is 0.192 e. The molecule has 0 aromatic heterocycles. The molecule has 0 spiro atoms. The molecular formula is C59H80O11Si2. The number of ether oxygens (including phenoxy) is 8. The molecule has 0 radical (unpaired) electrons. The van der Waals surface area contributed by atoms with Gasteiger partial charge in [-0.05, 0) is 64.1 Å². The van der Waals surface area contributed by atoms with E-state index in [9.17, 15) is 5.11 Å². The predicted octanol–water partition coefficient (Wildman–Crippen LogP) is 11.8. The van der Waals surface area contributed by atoms with Crippen molar-refractivity contribution >= 4 is 16.6 Å². The van der Waals surface area contributed by atoms with Crippen LogP contribution >= 0.6 is 0 Å². The van der Waals surface area contributed by atoms with Gasteiger partial charge in [0.15, 0.2) is 29.2 Å². The number of hydrogen-bond donors (Lipinski definition) is 1. The lowest BCUT2D eigenvalue weighted by Gasteiger charge is -2.50. The molecule has 2 saturated heterocycles. The molecule has 0 saturated carbocycles. The van der Waals surface area contributed by atoms with Crippen LogP contribution in [0.1, 0.15) is 69.4 Å². The third-order valence-electron chi connectivity index (χ3n) is 14.7. The fourth-order valence-corrected chi connectivity index (χ4v) is 10.3. The summed E-state index contributed by atoms with van der Waals surface area (Å²) in [5.41, 5.74) is 4.84. The van der Waals surface area contributed by atoms with E-state index in [0.29, 0.717) is 6.61 Å². The lowest BCUT2D eigenvalue weighted by molar-refractivity contribution is -0.372. The van der Waals surface area contributed by atoms with Gasteiger partial charge in [-0.15, -0.1) is 0 Å². The van der Waals surface area contributed by atoms with Gasteiger partial charge in [0.2, 0.25) is 0 Å². The second-order valence-corrected chi connectivity index (χ2v) is 31.8. The summed E-state index contributed by atoms with van der Waals surface area (Å²) in [5.74, 6) is 0. The standard InChI is InChI=1S/C59H80O11Si2/c1-58(2,3)71(7,8)66-41-48-50(61-36-43-26-16-11-17-27-43)52(62-37-44-28-18-12-19-29-44)55(65-40-47-34-24-15-25-35-47)57(69-48)70-51-49(42-67-72(9,10)59(4,5)6)68-56(60)54(64-39-46-32-22-14-23-33-46)53(51)63-38-45-30-20-13-21-31-45/h11-35,48-57,60H,36-42H2,1-10H3/t48-,49-,50-,51-,52+,53+,54-,55-,56?,57+/m1/s1. The zero-order valence-electron chi connectivity index (χ0n) is 44.2. The van der Waals surface area contributed by atoms with Gasteiger partial charge in [0.25, 0.3) is 0 Å². The Morgan fingerprint density at radius 3 is 1.03 bits per heavy atom. The molecule has 0 amide bonds. The maximum absolute atomic E-state index is 12.1. The minimum absolute atomic E-state index is 0.0851. The van der Waals surface area contributed by atoms with Crippen molar-refractivity contribution in [3.8, 4) is 0 Å². The first-order valence-electron chi connectivity index (χ1n) is 25.6. The van der Waals surface area contributed by atoms with Crippen LogP contribution in [0.25, 0.3) is 0 Å². The quantitative estimate of drug-likeness (QED) is 0.0631. The SMILES string of the molecule is CC(C)(C)[Si](C)(C)OC[C@H]1O[C@@H](O[C@H]2[C@H](OCc3ccccc3)[C@@H](OCc3ccccc3)C(O)O[C@@H]2CO[Si](C)(C)C(C)(C)C)[C@H](OCc2ccccc2)[C@@H](OCc2ccccc2)[C@@H]1OCc1ccccc1. The number of aliphatic hydroxyl groups is 1. The third kappa shape index (κ3) is 15.3. The highest BCUT2D eigenvalue weighted by molar-refractivity contribution is 6.74. The number of hydrogen-bond acceptors (Lipinski definition) is 11. The van der Waals surface area contributed by atoms with Crippen molar-refractivity contribution in [3.63, 3.8) is 0 Å². The summed E-state index contributed by atoms with van der Waals surface area (Å²) < 4.78 is 70.4. The van der Waals surface area contributed by atoms with Crippen LogP contribution in [0, 0.1) is 0 Å². The van der Waals surface area contributed by atoms with Gasteiger partial charge >= 0.3 is 0 Å². The maximum Gasteiger partial charge on any atom is 0.192 e. The third-order valence-corrected chi connectivity index (χ3v) is 23.7. The molecule has 5 aromatic rings. The van der Waals surface area contributed by atoms with Gasteiger partial charge in [-0.3, -0.25) is 0 Å². The van der Waals surface area contributed by atoms with Crippen LogP contribution in [0.15, 0.2) is 152 Å². The van der Waals surface area contributed by atoms with Crippen molar-refractivity contribution in [1.29, 1.82) is 0 Å². The number of rotatable bonds is 23. The molecule has 2 aliphatic rings. The van der Waals surface area contributed by atoms with Crippen LogP contribution in [-0.4, -0.2) is 96.4 Å². The van der Waals surface area contributed by atoms with E-state index in [2.05, 4.69) is 79.9 Å². The van der Waals surface area contributed by atoms with Crippen molar-refractivity contribution in [2.24, 2.45) is 0 Å². The lowest BCUT2D eigenvalue weighted by Crippen LogP contribution is -2.66. The minimum Gasteiger partial charge on any atom is -0.414 e. The minimum atomic E-state index is -2.38. The summed E-state index contributed by atoms with van der Waals surface area (Å²) in [6.07, 6.45) is -9.08. The average Bonchev–Trinajstić information content (AvgIpc) is 3.36. The first kappa shape index (κ1) is 55.8. The summed E-state index contributed by atoms with van der Waals surface area (Å²) in [5, 5.41) is 11.9. The van der Waals surface area contributed by atoms with Gasteiger partial charge in [0, 0.05) is 0 Å². The second kappa shape index (κ2) is 25.6. The fourth-order valence-electron chi connectivity index (χ4n) is 8.25. The van der Waals surface area contributed by atoms with Crippen LogP contribution in [0.5, 0.6) is 0 Å². The summed E-state index contributed by atoms with van der Waals surface area (Å²) in [6, 6.07) is 50.1. The predicted molar refractivity (Wildman–Crippen MR) is 286 cm³/mol. The molecule has 2 fully saturated rings. The van der Waals surface area contributed by atoms with Gasteiger partial charge < -0.3 is 51.9 Å². The van der Waals surface area contributed by atoms with E-state index in [1.165, 1.54) is 0 Å². The second-order valence-electron chi connectivity index (χ2n) is 22.2. The Morgan fingerprint density at radius 2 is 0.681 bits per heavy atom. The molecule has 5 aromatic carbocycles. The van der Waals surface area contributed by atoms with E-state index in [4.69, 9.17) is 46.7 Å². The molecule has 390 valence electrons. The monoisotopic (exact) mass is 1020 g/mol. The molecule has 2 aliphatic heterocycles. The normalized spacial score (nSPS) is 25.3. The largest absolute Gasteiger partial charge is 0.414 e. The zero-order valence-corrected chi connectivity index (χ0v) is 46.2. The first-order chi connectivity index (χ1) is 34.4. The molecule has 7 rings (SSSR count). The molecule has 13 heteroatoms. The Morgan fingerprint density at radius 1 is 0.389 bits per heavy atom. The average molecular weight is 1020 g/mol. The number of benzene rings is 5. The Kier molecular flexibility index (Phi) is 19.8. The van der Waals surface area contributed by atoms with Crippen molar-refractivity contribution in [3.05, 3.63) is 179 Å². The van der Waals surface area contributed by atoms with Gasteiger partial charge in [0.1, 0.15) is 48.8 Å². The van der Waals surface area contributed by atoms with Crippen molar-refractivity contribution in [2.75, 3.05) is 13.2 Å². The Hall–Kier alpha value is -3.91. The van der Waals surface area contributed by atoms with Crippen molar-refractivity contribution < 1.29 is 51.9 Å². The van der Waals surface area contributed by atoms with E-state index >= 15 is 0 Å². The van der Waals surface area contributed by atoms with E-state index in [1.54, 1.807) is 0 Å². The highest BCUT2D eigenvalue weighted by Crippen LogP contribution is 2.41. The van der Waals surface area contributed by atoms with Crippen LogP contribution in [0.2, 0.25) is 36.3 Å². The molecule has 0 aliphatic carbocycles. The molecule has 1 unspecified atom stereocenters. The maximum atomic E-state index is 12.1. The molecule has 11 nitrogen and oxygen atoms in total.